The minimum Gasteiger partial charge on any atom is -0.455 e. The van der Waals surface area contributed by atoms with Crippen molar-refractivity contribution in [2.45, 2.75) is 16.8 Å². The summed E-state index contributed by atoms with van der Waals surface area (Å²) in [5, 5.41) is 0. The maximum atomic E-state index is 12.4. The summed E-state index contributed by atoms with van der Waals surface area (Å²) in [5.74, 6) is -0.669. The van der Waals surface area contributed by atoms with E-state index < -0.39 is 15.8 Å². The molecule has 2 aromatic carbocycles. The Bertz CT molecular complexity index is 814. The fourth-order valence-electron chi connectivity index (χ4n) is 2.38. The van der Waals surface area contributed by atoms with E-state index in [1.807, 2.05) is 0 Å². The van der Waals surface area contributed by atoms with E-state index in [-0.39, 0.29) is 16.8 Å². The average molecular weight is 347 g/mol. The van der Waals surface area contributed by atoms with Gasteiger partial charge >= 0.3 is 5.97 Å². The predicted molar refractivity (Wildman–Crippen MR) is 86.9 cm³/mol. The molecule has 0 amide bonds. The maximum Gasteiger partial charge on any atom is 0.338 e. The third kappa shape index (κ3) is 4.00. The standard InChI is InChI=1S/C17H17NO5S/c19-17(23-15-10-18-22-11-15)14-6-4-5-13(9-14)12-24(20,21)16-7-2-1-3-8-16/h1-9,15,18H,10-12H2/t15-/m0/s1. The van der Waals surface area contributed by atoms with Crippen molar-refractivity contribution in [1.29, 1.82) is 0 Å². The second kappa shape index (κ2) is 7.12. The number of hydroxylamine groups is 1. The number of ether oxygens (including phenoxy) is 1. The van der Waals surface area contributed by atoms with Gasteiger partial charge in [-0.1, -0.05) is 30.3 Å². The highest BCUT2D eigenvalue weighted by Gasteiger charge is 2.21. The van der Waals surface area contributed by atoms with Gasteiger partial charge in [-0.3, -0.25) is 4.84 Å². The summed E-state index contributed by atoms with van der Waals surface area (Å²) in [6.07, 6.45) is -0.339. The van der Waals surface area contributed by atoms with Gasteiger partial charge in [0, 0.05) is 0 Å². The number of benzene rings is 2. The molecule has 6 nitrogen and oxygen atoms in total. The molecular formula is C17H17NO5S. The van der Waals surface area contributed by atoms with Crippen LogP contribution in [0.25, 0.3) is 0 Å². The van der Waals surface area contributed by atoms with Crippen LogP contribution < -0.4 is 5.48 Å². The van der Waals surface area contributed by atoms with E-state index in [9.17, 15) is 13.2 Å². The molecular weight excluding hydrogens is 330 g/mol. The Hall–Kier alpha value is -2.22. The molecule has 0 bridgehead atoms. The maximum absolute atomic E-state index is 12.4. The predicted octanol–water partition coefficient (Wildman–Crippen LogP) is 1.72. The number of carbonyl (C=O) groups excluding carboxylic acids is 1. The quantitative estimate of drug-likeness (QED) is 0.830. The lowest BCUT2D eigenvalue weighted by atomic mass is 10.1. The molecule has 0 aliphatic carbocycles. The van der Waals surface area contributed by atoms with Crippen molar-refractivity contribution in [2.24, 2.45) is 0 Å². The topological polar surface area (TPSA) is 81.7 Å². The molecule has 1 saturated heterocycles. The average Bonchev–Trinajstić information content (AvgIpc) is 3.08. The number of nitrogens with one attached hydrogen (secondary N) is 1. The molecule has 1 N–H and O–H groups in total. The monoisotopic (exact) mass is 347 g/mol. The van der Waals surface area contributed by atoms with E-state index in [2.05, 4.69) is 5.48 Å². The second-order valence-electron chi connectivity index (χ2n) is 5.46. The molecule has 0 spiro atoms. The Morgan fingerprint density at radius 1 is 1.17 bits per heavy atom. The number of rotatable bonds is 5. The van der Waals surface area contributed by atoms with Gasteiger partial charge in [-0.15, -0.1) is 0 Å². The normalized spacial score (nSPS) is 17.6. The zero-order valence-corrected chi connectivity index (χ0v) is 13.7. The summed E-state index contributed by atoms with van der Waals surface area (Å²) in [6.45, 7) is 0.738. The summed E-state index contributed by atoms with van der Waals surface area (Å²) in [6, 6.07) is 14.7. The van der Waals surface area contributed by atoms with Crippen LogP contribution in [0.5, 0.6) is 0 Å². The number of esters is 1. The van der Waals surface area contributed by atoms with Crippen molar-refractivity contribution >= 4 is 15.8 Å². The smallest absolute Gasteiger partial charge is 0.338 e. The SMILES string of the molecule is O=C(O[C@H]1CNOC1)c1cccc(CS(=O)(=O)c2ccccc2)c1. The van der Waals surface area contributed by atoms with Crippen LogP contribution >= 0.6 is 0 Å². The zero-order valence-electron chi connectivity index (χ0n) is 12.8. The van der Waals surface area contributed by atoms with Gasteiger partial charge in [0.2, 0.25) is 0 Å². The summed E-state index contributed by atoms with van der Waals surface area (Å²) < 4.78 is 30.1. The molecule has 0 radical (unpaired) electrons. The molecule has 1 heterocycles. The molecule has 3 rings (SSSR count). The first-order valence-electron chi connectivity index (χ1n) is 7.47. The van der Waals surface area contributed by atoms with Crippen LogP contribution in [0.1, 0.15) is 15.9 Å². The van der Waals surface area contributed by atoms with Crippen LogP contribution in [0, 0.1) is 0 Å². The minimum absolute atomic E-state index is 0.174. The zero-order chi connectivity index (χ0) is 17.0. The highest BCUT2D eigenvalue weighted by atomic mass is 32.2. The summed E-state index contributed by atoms with van der Waals surface area (Å²) in [4.78, 5) is 17.3. The molecule has 1 atom stereocenters. The lowest BCUT2D eigenvalue weighted by molar-refractivity contribution is 0.0254. The molecule has 2 aromatic rings. The number of hydrogen-bond donors (Lipinski definition) is 1. The van der Waals surface area contributed by atoms with Crippen LogP contribution in [-0.4, -0.2) is 33.6 Å². The van der Waals surface area contributed by atoms with Crippen molar-refractivity contribution in [1.82, 2.24) is 5.48 Å². The van der Waals surface area contributed by atoms with Crippen molar-refractivity contribution in [3.05, 3.63) is 65.7 Å². The fraction of sp³-hybridized carbons (Fsp3) is 0.235. The Balaban J connectivity index is 1.74. The summed E-state index contributed by atoms with van der Waals surface area (Å²) in [5.41, 5.74) is 3.49. The van der Waals surface area contributed by atoms with Gasteiger partial charge in [-0.25, -0.2) is 13.2 Å². The van der Waals surface area contributed by atoms with E-state index in [0.29, 0.717) is 24.3 Å². The van der Waals surface area contributed by atoms with Crippen molar-refractivity contribution < 1.29 is 22.8 Å². The van der Waals surface area contributed by atoms with Crippen molar-refractivity contribution in [3.8, 4) is 0 Å². The van der Waals surface area contributed by atoms with Gasteiger partial charge in [0.1, 0.15) is 12.7 Å². The lowest BCUT2D eigenvalue weighted by Crippen LogP contribution is -2.22. The molecule has 24 heavy (non-hydrogen) atoms. The lowest BCUT2D eigenvalue weighted by Gasteiger charge is -2.10. The van der Waals surface area contributed by atoms with E-state index in [1.165, 1.54) is 0 Å². The fourth-order valence-corrected chi connectivity index (χ4v) is 3.73. The number of hydrogen-bond acceptors (Lipinski definition) is 6. The first-order chi connectivity index (χ1) is 11.5. The van der Waals surface area contributed by atoms with Gasteiger partial charge in [-0.05, 0) is 29.8 Å². The van der Waals surface area contributed by atoms with Crippen LogP contribution in [-0.2, 0) is 25.2 Å². The first-order valence-corrected chi connectivity index (χ1v) is 9.12. The van der Waals surface area contributed by atoms with Gasteiger partial charge in [0.05, 0.1) is 22.8 Å². The van der Waals surface area contributed by atoms with E-state index in [0.717, 1.165) is 0 Å². The Kier molecular flexibility index (Phi) is 4.94. The van der Waals surface area contributed by atoms with E-state index >= 15 is 0 Å². The number of carbonyl (C=O) groups is 1. The third-order valence-corrected chi connectivity index (χ3v) is 5.28. The summed E-state index contributed by atoms with van der Waals surface area (Å²) in [7, 11) is -3.46. The highest BCUT2D eigenvalue weighted by molar-refractivity contribution is 7.90. The van der Waals surface area contributed by atoms with E-state index in [4.69, 9.17) is 9.57 Å². The van der Waals surface area contributed by atoms with Gasteiger partial charge in [0.25, 0.3) is 0 Å². The molecule has 7 heteroatoms. The molecule has 0 aromatic heterocycles. The Morgan fingerprint density at radius 2 is 1.96 bits per heavy atom. The molecule has 0 saturated carbocycles. The van der Waals surface area contributed by atoms with Crippen LogP contribution in [0.15, 0.2) is 59.5 Å². The van der Waals surface area contributed by atoms with Gasteiger partial charge < -0.3 is 4.74 Å². The Labute approximate surface area is 140 Å². The van der Waals surface area contributed by atoms with E-state index in [1.54, 1.807) is 54.6 Å². The largest absolute Gasteiger partial charge is 0.455 e. The van der Waals surface area contributed by atoms with Crippen LogP contribution in [0.2, 0.25) is 0 Å². The van der Waals surface area contributed by atoms with Crippen molar-refractivity contribution in [2.75, 3.05) is 13.2 Å². The minimum atomic E-state index is -3.46. The van der Waals surface area contributed by atoms with Crippen molar-refractivity contribution in [3.63, 3.8) is 0 Å². The van der Waals surface area contributed by atoms with Crippen LogP contribution in [0.3, 0.4) is 0 Å². The van der Waals surface area contributed by atoms with Crippen LogP contribution in [0.4, 0.5) is 0 Å². The molecule has 1 aliphatic rings. The highest BCUT2D eigenvalue weighted by Crippen LogP contribution is 2.17. The summed E-state index contributed by atoms with van der Waals surface area (Å²) >= 11 is 0. The number of sulfone groups is 1. The third-order valence-electron chi connectivity index (χ3n) is 3.58. The Morgan fingerprint density at radius 3 is 2.67 bits per heavy atom. The first kappa shape index (κ1) is 16.6. The molecule has 0 unspecified atom stereocenters. The molecule has 126 valence electrons. The molecule has 1 aliphatic heterocycles. The second-order valence-corrected chi connectivity index (χ2v) is 7.45. The van der Waals surface area contributed by atoms with Gasteiger partial charge in [-0.2, -0.15) is 5.48 Å². The van der Waals surface area contributed by atoms with Gasteiger partial charge in [0.15, 0.2) is 9.84 Å². The molecule has 1 fully saturated rings.